The number of nitrogens with zero attached hydrogens (tertiary/aromatic N) is 1. The van der Waals surface area contributed by atoms with Crippen LogP contribution in [0.4, 0.5) is 0 Å². The van der Waals surface area contributed by atoms with E-state index in [2.05, 4.69) is 0 Å². The third kappa shape index (κ3) is 3.21. The van der Waals surface area contributed by atoms with Gasteiger partial charge in [-0.05, 0) is 26.7 Å². The number of likely N-dealkylation sites (N-methyl/N-ethyl adjacent to an activating group) is 1. The average Bonchev–Trinajstić information content (AvgIpc) is 2.55. The van der Waals surface area contributed by atoms with Crippen molar-refractivity contribution in [3.63, 3.8) is 0 Å². The van der Waals surface area contributed by atoms with E-state index < -0.39 is 0 Å². The second-order valence-electron chi connectivity index (χ2n) is 5.60. The first-order valence-electron chi connectivity index (χ1n) is 6.47. The largest absolute Gasteiger partial charge is 0.339 e. The molecular formula is C13H26N2O. The van der Waals surface area contributed by atoms with E-state index in [4.69, 9.17) is 5.73 Å². The molecule has 0 aromatic rings. The molecule has 0 heterocycles. The van der Waals surface area contributed by atoms with E-state index >= 15 is 0 Å². The van der Waals surface area contributed by atoms with E-state index in [1.807, 2.05) is 25.8 Å². The highest BCUT2D eigenvalue weighted by Crippen LogP contribution is 2.26. The maximum atomic E-state index is 12.3. The molecule has 1 rings (SSSR count). The third-order valence-corrected chi connectivity index (χ3v) is 3.94. The van der Waals surface area contributed by atoms with Gasteiger partial charge in [0.25, 0.3) is 0 Å². The Morgan fingerprint density at radius 1 is 1.25 bits per heavy atom. The number of carbonyl (C=O) groups is 1. The van der Waals surface area contributed by atoms with Crippen molar-refractivity contribution < 1.29 is 4.79 Å². The van der Waals surface area contributed by atoms with Crippen molar-refractivity contribution >= 4 is 5.91 Å². The first-order valence-corrected chi connectivity index (χ1v) is 6.47. The van der Waals surface area contributed by atoms with Crippen molar-refractivity contribution in [2.45, 2.75) is 57.9 Å². The Bertz CT molecular complexity index is 230. The smallest absolute Gasteiger partial charge is 0.225 e. The molecule has 94 valence electrons. The van der Waals surface area contributed by atoms with E-state index in [0.717, 1.165) is 12.8 Å². The molecule has 1 fully saturated rings. The van der Waals surface area contributed by atoms with Crippen LogP contribution in [0.2, 0.25) is 0 Å². The SMILES string of the molecule is CN(C(=O)C1CCCCCC1)C(C)(C)CN. The maximum absolute atomic E-state index is 12.3. The molecule has 0 radical (unpaired) electrons. The molecule has 3 nitrogen and oxygen atoms in total. The summed E-state index contributed by atoms with van der Waals surface area (Å²) < 4.78 is 0. The number of nitrogens with two attached hydrogens (primary N) is 1. The fourth-order valence-electron chi connectivity index (χ4n) is 2.24. The van der Waals surface area contributed by atoms with Crippen molar-refractivity contribution in [3.05, 3.63) is 0 Å². The molecule has 0 atom stereocenters. The fourth-order valence-corrected chi connectivity index (χ4v) is 2.24. The summed E-state index contributed by atoms with van der Waals surface area (Å²) in [6, 6.07) is 0. The van der Waals surface area contributed by atoms with E-state index in [0.29, 0.717) is 6.54 Å². The Morgan fingerprint density at radius 3 is 2.19 bits per heavy atom. The molecule has 0 unspecified atom stereocenters. The molecule has 0 bridgehead atoms. The second-order valence-corrected chi connectivity index (χ2v) is 5.60. The Morgan fingerprint density at radius 2 is 1.75 bits per heavy atom. The van der Waals surface area contributed by atoms with Crippen molar-refractivity contribution in [1.82, 2.24) is 4.90 Å². The fraction of sp³-hybridized carbons (Fsp3) is 0.923. The van der Waals surface area contributed by atoms with Crippen LogP contribution in [-0.4, -0.2) is 29.9 Å². The molecule has 16 heavy (non-hydrogen) atoms. The first kappa shape index (κ1) is 13.5. The molecule has 2 N–H and O–H groups in total. The van der Waals surface area contributed by atoms with E-state index in [1.54, 1.807) is 0 Å². The predicted octanol–water partition coefficient (Wildman–Crippen LogP) is 2.15. The molecule has 1 aliphatic carbocycles. The van der Waals surface area contributed by atoms with Gasteiger partial charge in [0.05, 0.1) is 0 Å². The summed E-state index contributed by atoms with van der Waals surface area (Å²) >= 11 is 0. The van der Waals surface area contributed by atoms with Gasteiger partial charge in [-0.1, -0.05) is 25.7 Å². The van der Waals surface area contributed by atoms with Gasteiger partial charge in [0.15, 0.2) is 0 Å². The molecule has 0 saturated heterocycles. The molecule has 1 saturated carbocycles. The number of rotatable bonds is 3. The number of carbonyl (C=O) groups excluding carboxylic acids is 1. The first-order chi connectivity index (χ1) is 7.49. The monoisotopic (exact) mass is 226 g/mol. The summed E-state index contributed by atoms with van der Waals surface area (Å²) in [4.78, 5) is 14.2. The summed E-state index contributed by atoms with van der Waals surface area (Å²) in [5, 5.41) is 0. The minimum absolute atomic E-state index is 0.219. The van der Waals surface area contributed by atoms with E-state index in [1.165, 1.54) is 25.7 Å². The van der Waals surface area contributed by atoms with Crippen LogP contribution in [-0.2, 0) is 4.79 Å². The highest BCUT2D eigenvalue weighted by Gasteiger charge is 2.31. The minimum atomic E-state index is -0.219. The summed E-state index contributed by atoms with van der Waals surface area (Å²) in [7, 11) is 1.89. The summed E-state index contributed by atoms with van der Waals surface area (Å²) in [5.74, 6) is 0.524. The topological polar surface area (TPSA) is 46.3 Å². The van der Waals surface area contributed by atoms with Gasteiger partial charge in [-0.15, -0.1) is 0 Å². The molecule has 0 aliphatic heterocycles. The zero-order chi connectivity index (χ0) is 12.2. The Hall–Kier alpha value is -0.570. The second kappa shape index (κ2) is 5.67. The summed E-state index contributed by atoms with van der Waals surface area (Å²) in [6.45, 7) is 4.57. The highest BCUT2D eigenvalue weighted by molar-refractivity contribution is 5.79. The predicted molar refractivity (Wildman–Crippen MR) is 67.1 cm³/mol. The number of hydrogen-bond donors (Lipinski definition) is 1. The maximum Gasteiger partial charge on any atom is 0.225 e. The van der Waals surface area contributed by atoms with Gasteiger partial charge < -0.3 is 10.6 Å². The molecule has 3 heteroatoms. The molecule has 0 aromatic heterocycles. The normalized spacial score (nSPS) is 19.2. The van der Waals surface area contributed by atoms with E-state index in [9.17, 15) is 4.79 Å². The van der Waals surface area contributed by atoms with Gasteiger partial charge >= 0.3 is 0 Å². The van der Waals surface area contributed by atoms with Crippen LogP contribution in [0.5, 0.6) is 0 Å². The molecule has 1 aliphatic rings. The van der Waals surface area contributed by atoms with Crippen LogP contribution in [0, 0.1) is 5.92 Å². The van der Waals surface area contributed by atoms with E-state index in [-0.39, 0.29) is 17.4 Å². The van der Waals surface area contributed by atoms with Crippen LogP contribution in [0.1, 0.15) is 52.4 Å². The number of hydrogen-bond acceptors (Lipinski definition) is 2. The molecule has 0 aromatic carbocycles. The van der Waals surface area contributed by atoms with Gasteiger partial charge in [-0.2, -0.15) is 0 Å². The summed E-state index contributed by atoms with van der Waals surface area (Å²) in [6.07, 6.45) is 7.09. The Balaban J connectivity index is 2.61. The van der Waals surface area contributed by atoms with Gasteiger partial charge in [0.1, 0.15) is 0 Å². The summed E-state index contributed by atoms with van der Waals surface area (Å²) in [5.41, 5.74) is 5.49. The lowest BCUT2D eigenvalue weighted by molar-refractivity contribution is -0.139. The number of amides is 1. The lowest BCUT2D eigenvalue weighted by Gasteiger charge is -2.36. The van der Waals surface area contributed by atoms with Gasteiger partial charge in [-0.3, -0.25) is 4.79 Å². The zero-order valence-electron chi connectivity index (χ0n) is 11.0. The Labute approximate surface area is 99.4 Å². The minimum Gasteiger partial charge on any atom is -0.339 e. The van der Waals surface area contributed by atoms with Crippen molar-refractivity contribution in [2.75, 3.05) is 13.6 Å². The van der Waals surface area contributed by atoms with Crippen molar-refractivity contribution in [1.29, 1.82) is 0 Å². The lowest BCUT2D eigenvalue weighted by atomic mass is 9.95. The van der Waals surface area contributed by atoms with Crippen molar-refractivity contribution in [3.8, 4) is 0 Å². The lowest BCUT2D eigenvalue weighted by Crippen LogP contribution is -2.51. The van der Waals surface area contributed by atoms with Gasteiger partial charge in [0, 0.05) is 25.0 Å². The van der Waals surface area contributed by atoms with Gasteiger partial charge in [-0.25, -0.2) is 0 Å². The molecular weight excluding hydrogens is 200 g/mol. The quantitative estimate of drug-likeness (QED) is 0.750. The van der Waals surface area contributed by atoms with Crippen LogP contribution in [0.25, 0.3) is 0 Å². The van der Waals surface area contributed by atoms with Crippen molar-refractivity contribution in [2.24, 2.45) is 11.7 Å². The van der Waals surface area contributed by atoms with Crippen LogP contribution in [0.15, 0.2) is 0 Å². The molecule has 1 amide bonds. The van der Waals surface area contributed by atoms with Crippen LogP contribution in [0.3, 0.4) is 0 Å². The average molecular weight is 226 g/mol. The van der Waals surface area contributed by atoms with Crippen LogP contribution < -0.4 is 5.73 Å². The zero-order valence-corrected chi connectivity index (χ0v) is 11.0. The molecule has 0 spiro atoms. The third-order valence-electron chi connectivity index (χ3n) is 3.94. The van der Waals surface area contributed by atoms with Gasteiger partial charge in [0.2, 0.25) is 5.91 Å². The Kier molecular flexibility index (Phi) is 4.78. The highest BCUT2D eigenvalue weighted by atomic mass is 16.2. The van der Waals surface area contributed by atoms with Crippen LogP contribution >= 0.6 is 0 Å². The standard InChI is InChI=1S/C13H26N2O/c1-13(2,10-14)15(3)12(16)11-8-6-4-5-7-9-11/h11H,4-10,14H2,1-3H3.